The summed E-state index contributed by atoms with van der Waals surface area (Å²) in [5.74, 6) is -0.0134. The number of halogens is 1. The van der Waals surface area contributed by atoms with Crippen LogP contribution >= 0.6 is 12.4 Å². The van der Waals surface area contributed by atoms with Crippen LogP contribution in [0.15, 0.2) is 30.3 Å². The van der Waals surface area contributed by atoms with Gasteiger partial charge in [-0.05, 0) is 62.2 Å². The molecule has 7 heteroatoms. The molecule has 0 saturated carbocycles. The molecule has 0 aromatic heterocycles. The summed E-state index contributed by atoms with van der Waals surface area (Å²) >= 11 is 0. The van der Waals surface area contributed by atoms with Crippen LogP contribution in [-0.4, -0.2) is 30.1 Å². The first kappa shape index (κ1) is 22.5. The Morgan fingerprint density at radius 3 is 2.44 bits per heavy atom. The Balaban J connectivity index is 0.00000364. The fourth-order valence-corrected chi connectivity index (χ4v) is 2.58. The molecule has 2 rings (SSSR count). The molecule has 0 heterocycles. The van der Waals surface area contributed by atoms with Gasteiger partial charge in [-0.25, -0.2) is 4.79 Å². The highest BCUT2D eigenvalue weighted by molar-refractivity contribution is 6.10. The lowest BCUT2D eigenvalue weighted by Crippen LogP contribution is -2.15. The van der Waals surface area contributed by atoms with Crippen LogP contribution in [0.2, 0.25) is 0 Å². The number of carbonyl (C=O) groups is 2. The van der Waals surface area contributed by atoms with E-state index in [0.29, 0.717) is 29.0 Å². The number of hydrogen-bond donors (Lipinski definition) is 2. The van der Waals surface area contributed by atoms with Crippen LogP contribution in [0, 0.1) is 13.8 Å². The molecule has 3 N–H and O–H groups in total. The van der Waals surface area contributed by atoms with Crippen LogP contribution in [0.4, 0.5) is 0 Å². The minimum Gasteiger partial charge on any atom is -0.508 e. The van der Waals surface area contributed by atoms with Crippen molar-refractivity contribution in [1.82, 2.24) is 0 Å². The first-order valence-electron chi connectivity index (χ1n) is 8.34. The second-order valence-corrected chi connectivity index (χ2v) is 5.83. The number of nitrogens with two attached hydrogens (primary N) is 1. The Bertz CT molecular complexity index is 835. The first-order chi connectivity index (χ1) is 12.4. The molecule has 0 saturated heterocycles. The highest BCUT2D eigenvalue weighted by Crippen LogP contribution is 2.27. The van der Waals surface area contributed by atoms with Crippen LogP contribution in [-0.2, 0) is 16.1 Å². The number of carbonyl (C=O) groups excluding carboxylic acids is 2. The molecule has 0 atom stereocenters. The Labute approximate surface area is 164 Å². The molecule has 2 aromatic carbocycles. The van der Waals surface area contributed by atoms with Crippen LogP contribution in [0.1, 0.15) is 39.5 Å². The van der Waals surface area contributed by atoms with E-state index in [1.807, 2.05) is 13.8 Å². The Morgan fingerprint density at radius 2 is 1.81 bits per heavy atom. The summed E-state index contributed by atoms with van der Waals surface area (Å²) in [5, 5.41) is 9.72. The molecule has 0 aliphatic heterocycles. The standard InChI is InChI=1S/C20H23NO5.ClH/c1-4-25-19(23)11-26-18-8-6-16(12(2)13(18)3)20(24)14-5-7-17(22)15(9-14)10-21;/h5-9,22H,4,10-11,21H2,1-3H3;1H. The van der Waals surface area contributed by atoms with Crippen molar-refractivity contribution in [3.63, 3.8) is 0 Å². The second-order valence-electron chi connectivity index (χ2n) is 5.83. The lowest BCUT2D eigenvalue weighted by Gasteiger charge is -2.14. The van der Waals surface area contributed by atoms with Gasteiger partial charge in [-0.1, -0.05) is 0 Å². The quantitative estimate of drug-likeness (QED) is 0.554. The van der Waals surface area contributed by atoms with Crippen LogP contribution in [0.25, 0.3) is 0 Å². The highest BCUT2D eigenvalue weighted by Gasteiger charge is 2.17. The minimum absolute atomic E-state index is 0. The van der Waals surface area contributed by atoms with Crippen molar-refractivity contribution in [2.75, 3.05) is 13.2 Å². The fourth-order valence-electron chi connectivity index (χ4n) is 2.58. The number of phenolic OH excluding ortho intramolecular Hbond substituents is 1. The molecule has 0 unspecified atom stereocenters. The zero-order valence-corrected chi connectivity index (χ0v) is 16.4. The van der Waals surface area contributed by atoms with Crippen LogP contribution in [0.3, 0.4) is 0 Å². The maximum atomic E-state index is 12.8. The van der Waals surface area contributed by atoms with Crippen LogP contribution in [0.5, 0.6) is 11.5 Å². The number of ketones is 1. The summed E-state index contributed by atoms with van der Waals surface area (Å²) in [6.45, 7) is 5.64. The van der Waals surface area contributed by atoms with Crippen molar-refractivity contribution < 1.29 is 24.2 Å². The zero-order valence-electron chi connectivity index (χ0n) is 15.6. The fraction of sp³-hybridized carbons (Fsp3) is 0.300. The van der Waals surface area contributed by atoms with Crippen molar-refractivity contribution in [3.8, 4) is 11.5 Å². The van der Waals surface area contributed by atoms with E-state index in [0.717, 1.165) is 11.1 Å². The van der Waals surface area contributed by atoms with Gasteiger partial charge in [0.25, 0.3) is 0 Å². The molecule has 146 valence electrons. The van der Waals surface area contributed by atoms with Crippen molar-refractivity contribution in [2.24, 2.45) is 5.73 Å². The predicted molar refractivity (Wildman–Crippen MR) is 105 cm³/mol. The summed E-state index contributed by atoms with van der Waals surface area (Å²) in [6, 6.07) is 7.96. The topological polar surface area (TPSA) is 98.8 Å². The molecule has 2 aromatic rings. The number of ether oxygens (including phenoxy) is 2. The van der Waals surface area contributed by atoms with Gasteiger partial charge in [0.2, 0.25) is 0 Å². The largest absolute Gasteiger partial charge is 0.508 e. The third-order valence-electron chi connectivity index (χ3n) is 4.19. The number of hydrogen-bond acceptors (Lipinski definition) is 6. The summed E-state index contributed by atoms with van der Waals surface area (Å²) in [6.07, 6.45) is 0. The molecule has 0 aliphatic rings. The lowest BCUT2D eigenvalue weighted by atomic mass is 9.94. The van der Waals surface area contributed by atoms with Gasteiger partial charge < -0.3 is 20.3 Å². The number of aromatic hydroxyl groups is 1. The molecule has 0 radical (unpaired) electrons. The maximum absolute atomic E-state index is 12.8. The average molecular weight is 394 g/mol. The minimum atomic E-state index is -0.442. The Hall–Kier alpha value is -2.57. The monoisotopic (exact) mass is 393 g/mol. The van der Waals surface area contributed by atoms with E-state index in [9.17, 15) is 14.7 Å². The summed E-state index contributed by atoms with van der Waals surface area (Å²) < 4.78 is 10.3. The van der Waals surface area contributed by atoms with Crippen LogP contribution < -0.4 is 10.5 Å². The summed E-state index contributed by atoms with van der Waals surface area (Å²) in [5.41, 5.74) is 8.62. The van der Waals surface area contributed by atoms with Gasteiger partial charge in [-0.2, -0.15) is 0 Å². The highest BCUT2D eigenvalue weighted by atomic mass is 35.5. The van der Waals surface area contributed by atoms with E-state index in [1.54, 1.807) is 31.2 Å². The maximum Gasteiger partial charge on any atom is 0.344 e. The number of esters is 1. The van der Waals surface area contributed by atoms with Gasteiger partial charge in [-0.3, -0.25) is 4.79 Å². The van der Waals surface area contributed by atoms with Crippen molar-refractivity contribution in [1.29, 1.82) is 0 Å². The second kappa shape index (κ2) is 9.94. The summed E-state index contributed by atoms with van der Waals surface area (Å²) in [4.78, 5) is 24.3. The summed E-state index contributed by atoms with van der Waals surface area (Å²) in [7, 11) is 0. The van der Waals surface area contributed by atoms with Gasteiger partial charge >= 0.3 is 5.97 Å². The molecule has 0 spiro atoms. The van der Waals surface area contributed by atoms with Gasteiger partial charge in [0, 0.05) is 23.2 Å². The van der Waals surface area contributed by atoms with Gasteiger partial charge in [0.1, 0.15) is 11.5 Å². The molecule has 0 amide bonds. The molecule has 0 bridgehead atoms. The molecular formula is C20H24ClNO5. The van der Waals surface area contributed by atoms with Crippen molar-refractivity contribution in [2.45, 2.75) is 27.3 Å². The molecule has 27 heavy (non-hydrogen) atoms. The molecule has 0 fully saturated rings. The lowest BCUT2D eigenvalue weighted by molar-refractivity contribution is -0.145. The van der Waals surface area contributed by atoms with Gasteiger partial charge in [0.05, 0.1) is 6.61 Å². The molecule has 0 aliphatic carbocycles. The predicted octanol–water partition coefficient (Wildman–Crippen LogP) is 3.06. The SMILES string of the molecule is CCOC(=O)COc1ccc(C(=O)c2ccc(O)c(CN)c2)c(C)c1C.Cl. The van der Waals surface area contributed by atoms with E-state index in [1.165, 1.54) is 6.07 Å². The molecular weight excluding hydrogens is 370 g/mol. The van der Waals surface area contributed by atoms with E-state index in [4.69, 9.17) is 15.2 Å². The normalized spacial score (nSPS) is 10.1. The number of rotatable bonds is 7. The Kier molecular flexibility index (Phi) is 8.28. The van der Waals surface area contributed by atoms with Gasteiger partial charge in [-0.15, -0.1) is 12.4 Å². The smallest absolute Gasteiger partial charge is 0.344 e. The van der Waals surface area contributed by atoms with E-state index in [-0.39, 0.29) is 37.1 Å². The van der Waals surface area contributed by atoms with E-state index < -0.39 is 5.97 Å². The zero-order chi connectivity index (χ0) is 19.3. The van der Waals surface area contributed by atoms with Crippen molar-refractivity contribution in [3.05, 3.63) is 58.1 Å². The molecule has 6 nitrogen and oxygen atoms in total. The third kappa shape index (κ3) is 5.21. The average Bonchev–Trinajstić information content (AvgIpc) is 2.63. The van der Waals surface area contributed by atoms with E-state index >= 15 is 0 Å². The van der Waals surface area contributed by atoms with E-state index in [2.05, 4.69) is 0 Å². The first-order valence-corrected chi connectivity index (χ1v) is 8.34. The number of phenols is 1. The van der Waals surface area contributed by atoms with Gasteiger partial charge in [0.15, 0.2) is 12.4 Å². The Morgan fingerprint density at radius 1 is 1.11 bits per heavy atom. The van der Waals surface area contributed by atoms with Crippen molar-refractivity contribution >= 4 is 24.2 Å². The number of benzene rings is 2. The third-order valence-corrected chi connectivity index (χ3v) is 4.19.